The van der Waals surface area contributed by atoms with Crippen molar-refractivity contribution in [1.29, 1.82) is 0 Å². The van der Waals surface area contributed by atoms with Gasteiger partial charge in [-0.05, 0) is 79.9 Å². The van der Waals surface area contributed by atoms with Crippen LogP contribution in [0, 0.1) is 0 Å². The van der Waals surface area contributed by atoms with Gasteiger partial charge in [-0.1, -0.05) is 30.3 Å². The minimum absolute atomic E-state index is 0.0115. The Morgan fingerprint density at radius 2 is 1.47 bits per heavy atom. The Morgan fingerprint density at radius 1 is 0.837 bits per heavy atom. The van der Waals surface area contributed by atoms with Crippen LogP contribution in [-0.4, -0.2) is 64.9 Å². The molecule has 2 saturated heterocycles. The number of halogens is 3. The number of para-hydroxylation sites is 1. The Labute approximate surface area is 248 Å². The summed E-state index contributed by atoms with van der Waals surface area (Å²) in [6.45, 7) is 3.51. The van der Waals surface area contributed by atoms with Crippen LogP contribution in [0.3, 0.4) is 0 Å². The number of anilines is 1. The topological polar surface area (TPSA) is 85.7 Å². The molecule has 2 fully saturated rings. The van der Waals surface area contributed by atoms with E-state index in [4.69, 9.17) is 19.9 Å². The number of nitrogens with zero attached hydrogens (tertiary/aromatic N) is 3. The first-order chi connectivity index (χ1) is 20.7. The number of likely N-dealkylation sites (tertiary alicyclic amines) is 2. The number of alkyl halides is 3. The molecule has 0 bridgehead atoms. The number of hydrogen-bond donors (Lipinski definition) is 2. The van der Waals surface area contributed by atoms with Gasteiger partial charge in [0.2, 0.25) is 5.91 Å². The first-order valence-electron chi connectivity index (χ1n) is 14.5. The molecule has 8 nitrogen and oxygen atoms in total. The van der Waals surface area contributed by atoms with Crippen LogP contribution in [0.15, 0.2) is 72.8 Å². The molecule has 0 spiro atoms. The smallest absolute Gasteiger partial charge is 0.418 e. The summed E-state index contributed by atoms with van der Waals surface area (Å²) in [5.41, 5.74) is -0.693. The monoisotopic (exact) mass is 599 g/mol. The standard InChI is InChI=1S/C32H36F3N3O5/c33-32(34,35)29-22-28(10-11-30(29)38(40)41)43-27-14-20-37(21-15-27)31(39)16-19-36-17-12-24(13-18-36)23-6-8-26(9-7-23)42-25-4-2-1-3-5-25/h1-11,22,24,27,40-41H,12-21H2. The summed E-state index contributed by atoms with van der Waals surface area (Å²) < 4.78 is 51.6. The van der Waals surface area contributed by atoms with Crippen molar-refractivity contribution in [3.63, 3.8) is 0 Å². The van der Waals surface area contributed by atoms with E-state index in [1.54, 1.807) is 4.90 Å². The molecule has 0 aromatic heterocycles. The van der Waals surface area contributed by atoms with Crippen molar-refractivity contribution >= 4 is 11.6 Å². The molecule has 0 unspecified atom stereocenters. The third-order valence-corrected chi connectivity index (χ3v) is 8.15. The van der Waals surface area contributed by atoms with E-state index >= 15 is 0 Å². The predicted molar refractivity (Wildman–Crippen MR) is 154 cm³/mol. The van der Waals surface area contributed by atoms with Gasteiger partial charge in [0.1, 0.15) is 29.0 Å². The second kappa shape index (κ2) is 13.7. The van der Waals surface area contributed by atoms with Crippen LogP contribution in [0.2, 0.25) is 0 Å². The van der Waals surface area contributed by atoms with E-state index in [0.717, 1.165) is 49.6 Å². The lowest BCUT2D eigenvalue weighted by Gasteiger charge is -2.34. The lowest BCUT2D eigenvalue weighted by atomic mass is 9.89. The molecule has 2 aliphatic rings. The van der Waals surface area contributed by atoms with Gasteiger partial charge >= 0.3 is 6.18 Å². The average Bonchev–Trinajstić information content (AvgIpc) is 3.01. The van der Waals surface area contributed by atoms with Gasteiger partial charge in [-0.15, -0.1) is 5.23 Å². The van der Waals surface area contributed by atoms with Crippen LogP contribution in [-0.2, 0) is 11.0 Å². The van der Waals surface area contributed by atoms with Gasteiger partial charge in [-0.3, -0.25) is 15.2 Å². The van der Waals surface area contributed by atoms with E-state index in [1.807, 2.05) is 42.5 Å². The van der Waals surface area contributed by atoms with Crippen LogP contribution in [0.25, 0.3) is 0 Å². The number of ether oxygens (including phenoxy) is 2. The summed E-state index contributed by atoms with van der Waals surface area (Å²) in [5, 5.41) is 17.6. The number of benzene rings is 3. The molecule has 2 aliphatic heterocycles. The third kappa shape index (κ3) is 8.19. The normalized spacial score (nSPS) is 17.1. The summed E-state index contributed by atoms with van der Waals surface area (Å²) in [6.07, 6.45) is -1.64. The summed E-state index contributed by atoms with van der Waals surface area (Å²) in [4.78, 5) is 17.0. The van der Waals surface area contributed by atoms with Crippen LogP contribution in [0.5, 0.6) is 17.2 Å². The van der Waals surface area contributed by atoms with Crippen LogP contribution >= 0.6 is 0 Å². The third-order valence-electron chi connectivity index (χ3n) is 8.15. The van der Waals surface area contributed by atoms with Gasteiger partial charge in [-0.2, -0.15) is 13.2 Å². The minimum Gasteiger partial charge on any atom is -0.490 e. The SMILES string of the molecule is O=C(CCN1CCC(c2ccc(Oc3ccccc3)cc2)CC1)N1CCC(Oc2ccc(N(O)O)c(C(F)(F)F)c2)CC1. The van der Waals surface area contributed by atoms with Crippen molar-refractivity contribution in [2.24, 2.45) is 0 Å². The molecule has 0 radical (unpaired) electrons. The maximum atomic E-state index is 13.3. The number of piperidine rings is 2. The summed E-state index contributed by atoms with van der Waals surface area (Å²) >= 11 is 0. The van der Waals surface area contributed by atoms with E-state index in [2.05, 4.69) is 17.0 Å². The number of rotatable bonds is 9. The predicted octanol–water partition coefficient (Wildman–Crippen LogP) is 6.72. The number of carbonyl (C=O) groups excluding carboxylic acids is 1. The summed E-state index contributed by atoms with van der Waals surface area (Å²) in [6, 6.07) is 21.0. The highest BCUT2D eigenvalue weighted by atomic mass is 19.4. The fraction of sp³-hybridized carbons (Fsp3) is 0.406. The zero-order valence-electron chi connectivity index (χ0n) is 23.7. The lowest BCUT2D eigenvalue weighted by molar-refractivity contribution is -0.139. The maximum Gasteiger partial charge on any atom is 0.418 e. The van der Waals surface area contributed by atoms with Crippen molar-refractivity contribution in [2.75, 3.05) is 38.0 Å². The Hall–Kier alpha value is -3.80. The van der Waals surface area contributed by atoms with Crippen LogP contribution in [0.1, 0.15) is 49.1 Å². The van der Waals surface area contributed by atoms with Gasteiger partial charge in [0.05, 0.1) is 5.56 Å². The first kappa shape index (κ1) is 30.7. The van der Waals surface area contributed by atoms with Gasteiger partial charge in [0.25, 0.3) is 0 Å². The van der Waals surface area contributed by atoms with Crippen molar-refractivity contribution in [3.8, 4) is 17.2 Å². The second-order valence-electron chi connectivity index (χ2n) is 11.0. The van der Waals surface area contributed by atoms with Crippen molar-refractivity contribution in [2.45, 2.75) is 50.3 Å². The zero-order valence-corrected chi connectivity index (χ0v) is 23.7. The molecule has 3 aromatic carbocycles. The highest BCUT2D eigenvalue weighted by Crippen LogP contribution is 2.38. The van der Waals surface area contributed by atoms with Crippen molar-refractivity contribution in [1.82, 2.24) is 9.80 Å². The molecular weight excluding hydrogens is 563 g/mol. The van der Waals surface area contributed by atoms with Crippen molar-refractivity contribution in [3.05, 3.63) is 83.9 Å². The Kier molecular flexibility index (Phi) is 9.74. The van der Waals surface area contributed by atoms with E-state index < -0.39 is 22.7 Å². The maximum absolute atomic E-state index is 13.3. The molecule has 3 aromatic rings. The molecule has 43 heavy (non-hydrogen) atoms. The van der Waals surface area contributed by atoms with Gasteiger partial charge in [0.15, 0.2) is 0 Å². The summed E-state index contributed by atoms with van der Waals surface area (Å²) in [5.74, 6) is 2.16. The van der Waals surface area contributed by atoms with Crippen LogP contribution in [0.4, 0.5) is 18.9 Å². The molecule has 0 aliphatic carbocycles. The molecule has 2 heterocycles. The summed E-state index contributed by atoms with van der Waals surface area (Å²) in [7, 11) is 0. The van der Waals surface area contributed by atoms with Crippen LogP contribution < -0.4 is 14.7 Å². The fourth-order valence-electron chi connectivity index (χ4n) is 5.74. The Bertz CT molecular complexity index is 1340. The minimum atomic E-state index is -4.78. The highest BCUT2D eigenvalue weighted by molar-refractivity contribution is 5.76. The quantitative estimate of drug-likeness (QED) is 0.264. The molecule has 0 saturated carbocycles. The van der Waals surface area contributed by atoms with Gasteiger partial charge < -0.3 is 19.3 Å². The molecule has 11 heteroatoms. The fourth-order valence-corrected chi connectivity index (χ4v) is 5.74. The van der Waals surface area contributed by atoms with E-state index in [0.29, 0.717) is 44.8 Å². The van der Waals surface area contributed by atoms with E-state index in [1.165, 1.54) is 11.6 Å². The Morgan fingerprint density at radius 3 is 2.09 bits per heavy atom. The average molecular weight is 600 g/mol. The second-order valence-corrected chi connectivity index (χ2v) is 11.0. The first-order valence-corrected chi connectivity index (χ1v) is 14.5. The molecule has 0 atom stereocenters. The van der Waals surface area contributed by atoms with E-state index in [-0.39, 0.29) is 17.8 Å². The zero-order chi connectivity index (χ0) is 30.4. The molecule has 5 rings (SSSR count). The largest absolute Gasteiger partial charge is 0.490 e. The lowest BCUT2D eigenvalue weighted by Crippen LogP contribution is -2.43. The van der Waals surface area contributed by atoms with Gasteiger partial charge in [0, 0.05) is 38.9 Å². The Balaban J connectivity index is 1.02. The number of hydrogen-bond acceptors (Lipinski definition) is 7. The molecule has 2 N–H and O–H groups in total. The number of carbonyl (C=O) groups is 1. The number of amides is 1. The van der Waals surface area contributed by atoms with Crippen molar-refractivity contribution < 1.29 is 37.9 Å². The van der Waals surface area contributed by atoms with E-state index in [9.17, 15) is 18.0 Å². The molecular formula is C32H36F3N3O5. The highest BCUT2D eigenvalue weighted by Gasteiger charge is 2.36. The van der Waals surface area contributed by atoms with Gasteiger partial charge in [-0.25, -0.2) is 0 Å². The molecule has 230 valence electrons. The molecule has 1 amide bonds.